The van der Waals surface area contributed by atoms with E-state index in [1.54, 1.807) is 0 Å². The Labute approximate surface area is 150 Å². The van der Waals surface area contributed by atoms with Crippen LogP contribution in [0.1, 0.15) is 51.5 Å². The van der Waals surface area contributed by atoms with Gasteiger partial charge in [0.1, 0.15) is 0 Å². The monoisotopic (exact) mass is 342 g/mol. The van der Waals surface area contributed by atoms with Gasteiger partial charge < -0.3 is 14.6 Å². The molecule has 0 unspecified atom stereocenters. The summed E-state index contributed by atoms with van der Waals surface area (Å²) >= 11 is 0. The minimum atomic E-state index is 0.150. The van der Waals surface area contributed by atoms with E-state index in [2.05, 4.69) is 65.5 Å². The van der Waals surface area contributed by atoms with Crippen LogP contribution in [0.25, 0.3) is 11.5 Å². The molecule has 1 aromatic carbocycles. The third kappa shape index (κ3) is 5.13. The Morgan fingerprint density at radius 2 is 1.76 bits per heavy atom. The molecule has 0 atom stereocenters. The van der Waals surface area contributed by atoms with Gasteiger partial charge in [0.05, 0.1) is 6.54 Å². The number of rotatable bonds is 6. The summed E-state index contributed by atoms with van der Waals surface area (Å²) in [6, 6.07) is 8.38. The summed E-state index contributed by atoms with van der Waals surface area (Å²) in [5.74, 6) is 1.24. The first kappa shape index (κ1) is 18.1. The van der Waals surface area contributed by atoms with Crippen LogP contribution in [0, 0.1) is 0 Å². The summed E-state index contributed by atoms with van der Waals surface area (Å²) in [7, 11) is 0. The lowest BCUT2D eigenvalue weighted by Gasteiger charge is -2.26. The molecule has 136 valence electrons. The molecule has 2 aromatic rings. The van der Waals surface area contributed by atoms with Gasteiger partial charge in [-0.2, -0.15) is 0 Å². The van der Waals surface area contributed by atoms with Gasteiger partial charge in [-0.15, -0.1) is 10.2 Å². The van der Waals surface area contributed by atoms with Gasteiger partial charge in [0, 0.05) is 18.7 Å². The van der Waals surface area contributed by atoms with Gasteiger partial charge in [0.25, 0.3) is 0 Å². The van der Waals surface area contributed by atoms with Crippen LogP contribution in [-0.2, 0) is 12.0 Å². The molecule has 0 spiro atoms. The van der Waals surface area contributed by atoms with Crippen LogP contribution in [0.5, 0.6) is 0 Å². The molecule has 1 aliphatic rings. The summed E-state index contributed by atoms with van der Waals surface area (Å²) in [6.45, 7) is 11.8. The van der Waals surface area contributed by atoms with Crippen molar-refractivity contribution in [2.24, 2.45) is 0 Å². The molecule has 0 aliphatic carbocycles. The van der Waals surface area contributed by atoms with E-state index in [1.165, 1.54) is 37.9 Å². The third-order valence-corrected chi connectivity index (χ3v) is 4.79. The van der Waals surface area contributed by atoms with E-state index in [0.29, 0.717) is 18.3 Å². The van der Waals surface area contributed by atoms with Crippen molar-refractivity contribution in [1.29, 1.82) is 0 Å². The SMILES string of the molecule is CC(C)(C)c1ccc(-c2nnc(CNCCN3CCCCC3)o2)cc1. The fourth-order valence-electron chi connectivity index (χ4n) is 3.17. The van der Waals surface area contributed by atoms with Crippen molar-refractivity contribution in [2.75, 3.05) is 26.2 Å². The zero-order valence-corrected chi connectivity index (χ0v) is 15.7. The van der Waals surface area contributed by atoms with Crippen LogP contribution < -0.4 is 5.32 Å². The normalized spacial score (nSPS) is 16.3. The van der Waals surface area contributed by atoms with Crippen molar-refractivity contribution in [3.05, 3.63) is 35.7 Å². The van der Waals surface area contributed by atoms with E-state index in [-0.39, 0.29) is 5.41 Å². The molecule has 2 heterocycles. The largest absolute Gasteiger partial charge is 0.419 e. The average molecular weight is 342 g/mol. The number of aromatic nitrogens is 2. The maximum atomic E-state index is 5.79. The highest BCUT2D eigenvalue weighted by Crippen LogP contribution is 2.25. The molecule has 25 heavy (non-hydrogen) atoms. The molecule has 0 amide bonds. The van der Waals surface area contributed by atoms with Crippen molar-refractivity contribution in [2.45, 2.75) is 52.0 Å². The number of likely N-dealkylation sites (tertiary alicyclic amines) is 1. The van der Waals surface area contributed by atoms with E-state index in [4.69, 9.17) is 4.42 Å². The van der Waals surface area contributed by atoms with Gasteiger partial charge in [0.15, 0.2) is 0 Å². The molecule has 0 saturated carbocycles. The predicted octanol–water partition coefficient (Wildman–Crippen LogP) is 3.61. The Morgan fingerprint density at radius 3 is 2.44 bits per heavy atom. The number of benzene rings is 1. The first-order valence-corrected chi connectivity index (χ1v) is 9.39. The van der Waals surface area contributed by atoms with Crippen LogP contribution >= 0.6 is 0 Å². The van der Waals surface area contributed by atoms with E-state index in [9.17, 15) is 0 Å². The number of hydrogen-bond donors (Lipinski definition) is 1. The first-order chi connectivity index (χ1) is 12.0. The maximum absolute atomic E-state index is 5.79. The smallest absolute Gasteiger partial charge is 0.247 e. The van der Waals surface area contributed by atoms with Crippen molar-refractivity contribution in [3.8, 4) is 11.5 Å². The molecular weight excluding hydrogens is 312 g/mol. The summed E-state index contributed by atoms with van der Waals surface area (Å²) in [6.07, 6.45) is 4.05. The molecular formula is C20H30N4O. The Morgan fingerprint density at radius 1 is 1.04 bits per heavy atom. The highest BCUT2D eigenvalue weighted by atomic mass is 16.4. The lowest BCUT2D eigenvalue weighted by molar-refractivity contribution is 0.228. The van der Waals surface area contributed by atoms with E-state index >= 15 is 0 Å². The Kier molecular flexibility index (Phi) is 5.86. The molecule has 1 aliphatic heterocycles. The summed E-state index contributed by atoms with van der Waals surface area (Å²) in [5, 5.41) is 11.7. The standard InChI is InChI=1S/C20H30N4O/c1-20(2,3)17-9-7-16(8-10-17)19-23-22-18(25-19)15-21-11-14-24-12-5-4-6-13-24/h7-10,21H,4-6,11-15H2,1-3H3. The second kappa shape index (κ2) is 8.11. The Hall–Kier alpha value is -1.72. The van der Waals surface area contributed by atoms with Crippen LogP contribution in [0.4, 0.5) is 0 Å². The minimum Gasteiger partial charge on any atom is -0.419 e. The molecule has 1 aromatic heterocycles. The number of nitrogens with zero attached hydrogens (tertiary/aromatic N) is 3. The third-order valence-electron chi connectivity index (χ3n) is 4.79. The summed E-state index contributed by atoms with van der Waals surface area (Å²) < 4.78 is 5.79. The van der Waals surface area contributed by atoms with Gasteiger partial charge in [-0.05, 0) is 49.0 Å². The molecule has 5 heteroatoms. The highest BCUT2D eigenvalue weighted by Gasteiger charge is 2.15. The van der Waals surface area contributed by atoms with Gasteiger partial charge in [-0.1, -0.05) is 39.3 Å². The van der Waals surface area contributed by atoms with Gasteiger partial charge in [-0.3, -0.25) is 0 Å². The highest BCUT2D eigenvalue weighted by molar-refractivity contribution is 5.53. The number of piperidine rings is 1. The molecule has 1 saturated heterocycles. The molecule has 0 radical (unpaired) electrons. The maximum Gasteiger partial charge on any atom is 0.247 e. The average Bonchev–Trinajstić information content (AvgIpc) is 3.08. The van der Waals surface area contributed by atoms with Gasteiger partial charge in [-0.25, -0.2) is 0 Å². The Bertz CT molecular complexity index is 651. The first-order valence-electron chi connectivity index (χ1n) is 9.39. The second-order valence-corrected chi connectivity index (χ2v) is 7.91. The fourth-order valence-corrected chi connectivity index (χ4v) is 3.17. The van der Waals surface area contributed by atoms with Crippen LogP contribution in [0.3, 0.4) is 0 Å². The van der Waals surface area contributed by atoms with Crippen LogP contribution in [0.15, 0.2) is 28.7 Å². The topological polar surface area (TPSA) is 54.2 Å². The molecule has 1 N–H and O–H groups in total. The summed E-state index contributed by atoms with van der Waals surface area (Å²) in [5.41, 5.74) is 2.42. The van der Waals surface area contributed by atoms with Crippen LogP contribution in [-0.4, -0.2) is 41.3 Å². The van der Waals surface area contributed by atoms with Crippen LogP contribution in [0.2, 0.25) is 0 Å². The summed E-state index contributed by atoms with van der Waals surface area (Å²) in [4.78, 5) is 2.52. The zero-order valence-electron chi connectivity index (χ0n) is 15.7. The minimum absolute atomic E-state index is 0.150. The van der Waals surface area contributed by atoms with Crippen molar-refractivity contribution in [1.82, 2.24) is 20.4 Å². The van der Waals surface area contributed by atoms with Crippen molar-refractivity contribution >= 4 is 0 Å². The molecule has 3 rings (SSSR count). The van der Waals surface area contributed by atoms with Crippen molar-refractivity contribution in [3.63, 3.8) is 0 Å². The molecule has 0 bridgehead atoms. The lowest BCUT2D eigenvalue weighted by atomic mass is 9.87. The molecule has 5 nitrogen and oxygen atoms in total. The zero-order chi connectivity index (χ0) is 17.7. The van der Waals surface area contributed by atoms with Gasteiger partial charge in [0.2, 0.25) is 11.8 Å². The fraction of sp³-hybridized carbons (Fsp3) is 0.600. The number of hydrogen-bond acceptors (Lipinski definition) is 5. The number of nitrogens with one attached hydrogen (secondary N) is 1. The molecule has 1 fully saturated rings. The quantitative estimate of drug-likeness (QED) is 0.813. The van der Waals surface area contributed by atoms with E-state index in [0.717, 1.165) is 18.7 Å². The van der Waals surface area contributed by atoms with E-state index < -0.39 is 0 Å². The second-order valence-electron chi connectivity index (χ2n) is 7.91. The van der Waals surface area contributed by atoms with E-state index in [1.807, 2.05) is 0 Å². The van der Waals surface area contributed by atoms with Crippen molar-refractivity contribution < 1.29 is 4.42 Å². The Balaban J connectivity index is 1.48. The predicted molar refractivity (Wildman–Crippen MR) is 100 cm³/mol. The lowest BCUT2D eigenvalue weighted by Crippen LogP contribution is -2.35. The van der Waals surface area contributed by atoms with Gasteiger partial charge >= 0.3 is 0 Å².